The minimum absolute atomic E-state index is 0.118. The van der Waals surface area contributed by atoms with Crippen LogP contribution in [0.4, 0.5) is 4.79 Å². The molecule has 0 spiro atoms. The molecule has 7 nitrogen and oxygen atoms in total. The van der Waals surface area contributed by atoms with Crippen LogP contribution in [0.1, 0.15) is 18.9 Å². The van der Waals surface area contributed by atoms with Gasteiger partial charge in [0.2, 0.25) is 5.91 Å². The third-order valence-corrected chi connectivity index (χ3v) is 3.73. The number of hydrogen-bond acceptors (Lipinski definition) is 5. The molecule has 1 aliphatic rings. The Bertz CT molecular complexity index is 501. The van der Waals surface area contributed by atoms with Gasteiger partial charge in [0.05, 0.1) is 6.61 Å². The number of rotatable bonds is 6. The first kappa shape index (κ1) is 17.2. The van der Waals surface area contributed by atoms with Crippen molar-refractivity contribution >= 4 is 12.0 Å². The topological polar surface area (TPSA) is 74.8 Å². The van der Waals surface area contributed by atoms with Crippen LogP contribution >= 0.6 is 0 Å². The van der Waals surface area contributed by atoms with Crippen molar-refractivity contribution in [2.75, 3.05) is 39.3 Å². The minimum atomic E-state index is -0.294. The van der Waals surface area contributed by atoms with Crippen LogP contribution in [0.15, 0.2) is 24.5 Å². The summed E-state index contributed by atoms with van der Waals surface area (Å²) < 4.78 is 4.97. The maximum absolute atomic E-state index is 12.2. The number of carbonyl (C=O) groups excluding carboxylic acids is 2. The molecule has 23 heavy (non-hydrogen) atoms. The van der Waals surface area contributed by atoms with Crippen LogP contribution in [0, 0.1) is 0 Å². The van der Waals surface area contributed by atoms with Gasteiger partial charge in [-0.2, -0.15) is 0 Å². The van der Waals surface area contributed by atoms with Gasteiger partial charge in [-0.25, -0.2) is 4.79 Å². The number of piperazine rings is 1. The molecule has 1 N–H and O–H groups in total. The highest BCUT2D eigenvalue weighted by Gasteiger charge is 2.24. The second kappa shape index (κ2) is 9.09. The standard InChI is InChI=1S/C16H24N4O3/c1-2-23-16(22)20-10-8-19(9-11-20)15(21)5-7-18-13-14-4-3-6-17-12-14/h3-4,6,12,18H,2,5,7-11,13H2,1H3. The number of amides is 2. The molecule has 0 bridgehead atoms. The number of pyridine rings is 1. The molecule has 0 atom stereocenters. The summed E-state index contributed by atoms with van der Waals surface area (Å²) in [6.07, 6.45) is 3.71. The first-order chi connectivity index (χ1) is 11.2. The quantitative estimate of drug-likeness (QED) is 0.787. The molecule has 0 saturated carbocycles. The molecule has 1 aromatic heterocycles. The molecule has 0 radical (unpaired) electrons. The minimum Gasteiger partial charge on any atom is -0.450 e. The van der Waals surface area contributed by atoms with Gasteiger partial charge in [-0.15, -0.1) is 0 Å². The third kappa shape index (κ3) is 5.52. The Kier molecular flexibility index (Phi) is 6.80. The van der Waals surface area contributed by atoms with Gasteiger partial charge >= 0.3 is 6.09 Å². The molecule has 1 fully saturated rings. The van der Waals surface area contributed by atoms with Crippen LogP contribution < -0.4 is 5.32 Å². The summed E-state index contributed by atoms with van der Waals surface area (Å²) in [6, 6.07) is 3.89. The average molecular weight is 320 g/mol. The van der Waals surface area contributed by atoms with Crippen LogP contribution in [0.2, 0.25) is 0 Å². The zero-order valence-electron chi connectivity index (χ0n) is 13.5. The van der Waals surface area contributed by atoms with E-state index in [2.05, 4.69) is 10.3 Å². The van der Waals surface area contributed by atoms with Gasteiger partial charge in [0.25, 0.3) is 0 Å². The zero-order valence-corrected chi connectivity index (χ0v) is 13.5. The number of hydrogen-bond donors (Lipinski definition) is 1. The Morgan fingerprint density at radius 3 is 2.65 bits per heavy atom. The maximum atomic E-state index is 12.2. The lowest BCUT2D eigenvalue weighted by molar-refractivity contribution is -0.132. The van der Waals surface area contributed by atoms with Gasteiger partial charge in [0, 0.05) is 58.1 Å². The van der Waals surface area contributed by atoms with E-state index in [0.717, 1.165) is 5.56 Å². The van der Waals surface area contributed by atoms with E-state index in [1.165, 1.54) is 0 Å². The van der Waals surface area contributed by atoms with Crippen molar-refractivity contribution in [3.8, 4) is 0 Å². The van der Waals surface area contributed by atoms with Gasteiger partial charge in [0.15, 0.2) is 0 Å². The molecule has 2 amide bonds. The average Bonchev–Trinajstić information content (AvgIpc) is 2.60. The van der Waals surface area contributed by atoms with Gasteiger partial charge < -0.3 is 19.9 Å². The summed E-state index contributed by atoms with van der Waals surface area (Å²) in [5.74, 6) is 0.118. The summed E-state index contributed by atoms with van der Waals surface area (Å²) in [5.41, 5.74) is 1.10. The predicted molar refractivity (Wildman–Crippen MR) is 85.7 cm³/mol. The Morgan fingerprint density at radius 1 is 1.26 bits per heavy atom. The number of ether oxygens (including phenoxy) is 1. The second-order valence-corrected chi connectivity index (χ2v) is 5.35. The molecule has 7 heteroatoms. The third-order valence-electron chi connectivity index (χ3n) is 3.73. The Labute approximate surface area is 136 Å². The van der Waals surface area contributed by atoms with Crippen molar-refractivity contribution in [3.63, 3.8) is 0 Å². The van der Waals surface area contributed by atoms with E-state index in [1.54, 1.807) is 18.0 Å². The SMILES string of the molecule is CCOC(=O)N1CCN(C(=O)CCNCc2cccnc2)CC1. The maximum Gasteiger partial charge on any atom is 0.409 e. The number of aromatic nitrogens is 1. The lowest BCUT2D eigenvalue weighted by atomic mass is 10.2. The Hall–Kier alpha value is -2.15. The molecule has 126 valence electrons. The lowest BCUT2D eigenvalue weighted by Crippen LogP contribution is -2.51. The normalized spacial score (nSPS) is 14.7. The van der Waals surface area contributed by atoms with Crippen molar-refractivity contribution in [1.29, 1.82) is 0 Å². The van der Waals surface area contributed by atoms with Crippen molar-refractivity contribution in [2.24, 2.45) is 0 Å². The Morgan fingerprint density at radius 2 is 2.00 bits per heavy atom. The summed E-state index contributed by atoms with van der Waals surface area (Å²) in [6.45, 7) is 5.71. The van der Waals surface area contributed by atoms with Crippen LogP contribution in [-0.2, 0) is 16.1 Å². The molecule has 0 unspecified atom stereocenters. The van der Waals surface area contributed by atoms with Gasteiger partial charge in [-0.05, 0) is 18.6 Å². The van der Waals surface area contributed by atoms with Crippen LogP contribution in [0.5, 0.6) is 0 Å². The second-order valence-electron chi connectivity index (χ2n) is 5.35. The molecule has 1 aliphatic heterocycles. The summed E-state index contributed by atoms with van der Waals surface area (Å²) >= 11 is 0. The smallest absolute Gasteiger partial charge is 0.409 e. The van der Waals surface area contributed by atoms with E-state index in [1.807, 2.05) is 23.2 Å². The molecule has 1 aromatic rings. The van der Waals surface area contributed by atoms with E-state index in [4.69, 9.17) is 4.74 Å². The van der Waals surface area contributed by atoms with Crippen LogP contribution in [-0.4, -0.2) is 66.1 Å². The summed E-state index contributed by atoms with van der Waals surface area (Å²) in [7, 11) is 0. The molecular formula is C16H24N4O3. The van der Waals surface area contributed by atoms with E-state index in [0.29, 0.717) is 52.3 Å². The molecule has 0 aromatic carbocycles. The predicted octanol–water partition coefficient (Wildman–Crippen LogP) is 0.862. The molecule has 1 saturated heterocycles. The fourth-order valence-corrected chi connectivity index (χ4v) is 2.44. The van der Waals surface area contributed by atoms with Gasteiger partial charge in [0.1, 0.15) is 0 Å². The highest BCUT2D eigenvalue weighted by Crippen LogP contribution is 2.05. The molecule has 2 heterocycles. The monoisotopic (exact) mass is 320 g/mol. The van der Waals surface area contributed by atoms with E-state index in [9.17, 15) is 9.59 Å². The van der Waals surface area contributed by atoms with Gasteiger partial charge in [-0.1, -0.05) is 6.07 Å². The molecular weight excluding hydrogens is 296 g/mol. The highest BCUT2D eigenvalue weighted by atomic mass is 16.6. The fraction of sp³-hybridized carbons (Fsp3) is 0.562. The number of carbonyl (C=O) groups is 2. The fourth-order valence-electron chi connectivity index (χ4n) is 2.44. The highest BCUT2D eigenvalue weighted by molar-refractivity contribution is 5.77. The molecule has 2 rings (SSSR count). The first-order valence-corrected chi connectivity index (χ1v) is 7.99. The van der Waals surface area contributed by atoms with E-state index in [-0.39, 0.29) is 12.0 Å². The van der Waals surface area contributed by atoms with Gasteiger partial charge in [-0.3, -0.25) is 9.78 Å². The van der Waals surface area contributed by atoms with Crippen LogP contribution in [0.25, 0.3) is 0 Å². The van der Waals surface area contributed by atoms with Crippen molar-refractivity contribution in [1.82, 2.24) is 20.1 Å². The van der Waals surface area contributed by atoms with E-state index < -0.39 is 0 Å². The van der Waals surface area contributed by atoms with Crippen molar-refractivity contribution < 1.29 is 14.3 Å². The first-order valence-electron chi connectivity index (χ1n) is 7.99. The van der Waals surface area contributed by atoms with Crippen LogP contribution in [0.3, 0.4) is 0 Å². The van der Waals surface area contributed by atoms with E-state index >= 15 is 0 Å². The Balaban J connectivity index is 1.62. The zero-order chi connectivity index (χ0) is 16.5. The van der Waals surface area contributed by atoms with Crippen molar-refractivity contribution in [3.05, 3.63) is 30.1 Å². The largest absolute Gasteiger partial charge is 0.450 e. The lowest BCUT2D eigenvalue weighted by Gasteiger charge is -2.34. The summed E-state index contributed by atoms with van der Waals surface area (Å²) in [5, 5.41) is 3.24. The summed E-state index contributed by atoms with van der Waals surface area (Å²) in [4.78, 5) is 31.3. The molecule has 0 aliphatic carbocycles. The van der Waals surface area contributed by atoms with Crippen molar-refractivity contribution in [2.45, 2.75) is 19.9 Å². The number of nitrogens with one attached hydrogen (secondary N) is 1. The number of nitrogens with zero attached hydrogens (tertiary/aromatic N) is 3.